The van der Waals surface area contributed by atoms with Gasteiger partial charge in [-0.05, 0) is 43.9 Å². The third-order valence-electron chi connectivity index (χ3n) is 5.83. The predicted molar refractivity (Wildman–Crippen MR) is 79.5 cm³/mol. The summed E-state index contributed by atoms with van der Waals surface area (Å²) in [5.74, 6) is -1.10. The third kappa shape index (κ3) is 2.99. The Morgan fingerprint density at radius 2 is 1.70 bits per heavy atom. The highest BCUT2D eigenvalue weighted by molar-refractivity contribution is 7.87. The molecule has 3 rings (SSSR count). The SMILES string of the molecule is O=C(N(C1CCCCC1)C1CC2CCC1C2)C(F)(F)S(=O)(=O)O. The fourth-order valence-corrected chi connectivity index (χ4v) is 5.08. The Hall–Kier alpha value is -0.760. The number of alkyl halides is 2. The summed E-state index contributed by atoms with van der Waals surface area (Å²) in [5.41, 5.74) is 0. The van der Waals surface area contributed by atoms with E-state index >= 15 is 0 Å². The van der Waals surface area contributed by atoms with Crippen LogP contribution in [0, 0.1) is 11.8 Å². The molecular formula is C15H23F2NO4S. The van der Waals surface area contributed by atoms with Gasteiger partial charge >= 0.3 is 21.3 Å². The first-order valence-corrected chi connectivity index (χ1v) is 9.83. The van der Waals surface area contributed by atoms with E-state index in [1.54, 1.807) is 0 Å². The molecule has 0 saturated heterocycles. The van der Waals surface area contributed by atoms with Crippen molar-refractivity contribution in [3.63, 3.8) is 0 Å². The zero-order chi connectivity index (χ0) is 16.8. The second-order valence-corrected chi connectivity index (χ2v) is 8.70. The topological polar surface area (TPSA) is 74.7 Å². The van der Waals surface area contributed by atoms with E-state index in [-0.39, 0.29) is 18.0 Å². The van der Waals surface area contributed by atoms with Gasteiger partial charge < -0.3 is 4.90 Å². The van der Waals surface area contributed by atoms with Crippen molar-refractivity contribution >= 4 is 16.0 Å². The van der Waals surface area contributed by atoms with Crippen LogP contribution < -0.4 is 0 Å². The van der Waals surface area contributed by atoms with Gasteiger partial charge in [0.15, 0.2) is 0 Å². The van der Waals surface area contributed by atoms with E-state index < -0.39 is 21.3 Å². The lowest BCUT2D eigenvalue weighted by Gasteiger charge is -2.42. The molecule has 1 amide bonds. The predicted octanol–water partition coefficient (Wildman–Crippen LogP) is 2.82. The average molecular weight is 351 g/mol. The first-order valence-electron chi connectivity index (χ1n) is 8.39. The number of fused-ring (bicyclic) bond motifs is 2. The molecule has 0 heterocycles. The Labute approximate surface area is 135 Å². The summed E-state index contributed by atoms with van der Waals surface area (Å²) in [6.07, 6.45) is 7.53. The minimum atomic E-state index is -5.75. The normalized spacial score (nSPS) is 32.2. The van der Waals surface area contributed by atoms with Crippen molar-refractivity contribution in [2.75, 3.05) is 0 Å². The molecule has 5 nitrogen and oxygen atoms in total. The van der Waals surface area contributed by atoms with E-state index in [1.807, 2.05) is 0 Å². The van der Waals surface area contributed by atoms with Gasteiger partial charge in [0, 0.05) is 12.1 Å². The number of amides is 1. The summed E-state index contributed by atoms with van der Waals surface area (Å²) in [6.45, 7) is 0. The maximum atomic E-state index is 14.0. The van der Waals surface area contributed by atoms with E-state index in [0.717, 1.165) is 43.4 Å². The van der Waals surface area contributed by atoms with Gasteiger partial charge in [0.05, 0.1) is 0 Å². The number of halogens is 2. The van der Waals surface area contributed by atoms with Crippen LogP contribution in [0.5, 0.6) is 0 Å². The Morgan fingerprint density at radius 3 is 2.17 bits per heavy atom. The van der Waals surface area contributed by atoms with E-state index in [0.29, 0.717) is 25.2 Å². The van der Waals surface area contributed by atoms with E-state index in [4.69, 9.17) is 4.55 Å². The lowest BCUT2D eigenvalue weighted by atomic mass is 9.88. The van der Waals surface area contributed by atoms with Gasteiger partial charge in [0.25, 0.3) is 0 Å². The molecule has 3 unspecified atom stereocenters. The first kappa shape index (κ1) is 17.1. The maximum absolute atomic E-state index is 14.0. The van der Waals surface area contributed by atoms with E-state index in [9.17, 15) is 22.0 Å². The molecule has 3 atom stereocenters. The molecule has 2 bridgehead atoms. The monoisotopic (exact) mass is 351 g/mol. The molecule has 23 heavy (non-hydrogen) atoms. The number of carbonyl (C=O) groups excluding carboxylic acids is 1. The van der Waals surface area contributed by atoms with Crippen molar-refractivity contribution < 1.29 is 26.5 Å². The number of hydrogen-bond acceptors (Lipinski definition) is 3. The highest BCUT2D eigenvalue weighted by Crippen LogP contribution is 2.48. The van der Waals surface area contributed by atoms with Gasteiger partial charge in [-0.3, -0.25) is 9.35 Å². The second-order valence-electron chi connectivity index (χ2n) is 7.24. The Bertz CT molecular complexity index is 574. The number of rotatable bonds is 4. The van der Waals surface area contributed by atoms with Crippen LogP contribution in [0.25, 0.3) is 0 Å². The quantitative estimate of drug-likeness (QED) is 0.791. The van der Waals surface area contributed by atoms with Crippen LogP contribution in [0.3, 0.4) is 0 Å². The molecule has 0 aromatic carbocycles. The first-order chi connectivity index (χ1) is 10.7. The van der Waals surface area contributed by atoms with Gasteiger partial charge in [-0.25, -0.2) is 0 Å². The second kappa shape index (κ2) is 5.95. The van der Waals surface area contributed by atoms with Gasteiger partial charge in [-0.1, -0.05) is 25.7 Å². The number of hydrogen-bond donors (Lipinski definition) is 1. The third-order valence-corrected chi connectivity index (χ3v) is 6.66. The van der Waals surface area contributed by atoms with Crippen LogP contribution in [0.15, 0.2) is 0 Å². The van der Waals surface area contributed by atoms with Crippen molar-refractivity contribution in [1.29, 1.82) is 0 Å². The molecule has 0 aliphatic heterocycles. The summed E-state index contributed by atoms with van der Waals surface area (Å²) in [6, 6.07) is -0.648. The summed E-state index contributed by atoms with van der Waals surface area (Å²) in [7, 11) is -5.75. The molecule has 0 aromatic rings. The summed E-state index contributed by atoms with van der Waals surface area (Å²) < 4.78 is 58.8. The molecule has 3 aliphatic rings. The van der Waals surface area contributed by atoms with Crippen molar-refractivity contribution in [1.82, 2.24) is 4.90 Å². The van der Waals surface area contributed by atoms with Gasteiger partial charge in [0.2, 0.25) is 0 Å². The minimum Gasteiger partial charge on any atom is -0.330 e. The molecule has 0 spiro atoms. The zero-order valence-electron chi connectivity index (χ0n) is 13.0. The van der Waals surface area contributed by atoms with Crippen LogP contribution in [0.4, 0.5) is 8.78 Å². The highest BCUT2D eigenvalue weighted by atomic mass is 32.2. The Balaban J connectivity index is 1.90. The van der Waals surface area contributed by atoms with Crippen LogP contribution >= 0.6 is 0 Å². The maximum Gasteiger partial charge on any atom is 0.446 e. The lowest BCUT2D eigenvalue weighted by Crippen LogP contribution is -2.57. The van der Waals surface area contributed by atoms with Gasteiger partial charge in [-0.2, -0.15) is 17.2 Å². The Morgan fingerprint density at radius 1 is 1.04 bits per heavy atom. The largest absolute Gasteiger partial charge is 0.446 e. The van der Waals surface area contributed by atoms with Crippen molar-refractivity contribution in [3.05, 3.63) is 0 Å². The Kier molecular flexibility index (Phi) is 4.42. The van der Waals surface area contributed by atoms with Crippen LogP contribution in [0.2, 0.25) is 0 Å². The minimum absolute atomic E-state index is 0.183. The van der Waals surface area contributed by atoms with Crippen LogP contribution in [0.1, 0.15) is 57.8 Å². The smallest absolute Gasteiger partial charge is 0.330 e. The van der Waals surface area contributed by atoms with Crippen molar-refractivity contribution in [2.24, 2.45) is 11.8 Å². The standard InChI is InChI=1S/C15H23F2NO4S/c16-15(17,23(20,21)22)14(19)18(12-4-2-1-3-5-12)13-9-10-6-7-11(13)8-10/h10-13H,1-9H2,(H,20,21,22). The number of nitrogens with zero attached hydrogens (tertiary/aromatic N) is 1. The molecule has 0 aromatic heterocycles. The van der Waals surface area contributed by atoms with E-state index in [2.05, 4.69) is 0 Å². The van der Waals surface area contributed by atoms with Crippen LogP contribution in [-0.4, -0.2) is 41.1 Å². The van der Waals surface area contributed by atoms with Gasteiger partial charge in [0.1, 0.15) is 0 Å². The molecule has 3 fully saturated rings. The molecule has 8 heteroatoms. The molecule has 132 valence electrons. The highest BCUT2D eigenvalue weighted by Gasteiger charge is 2.58. The molecule has 1 N–H and O–H groups in total. The van der Waals surface area contributed by atoms with Crippen molar-refractivity contribution in [3.8, 4) is 0 Å². The molecule has 3 aliphatic carbocycles. The zero-order valence-corrected chi connectivity index (χ0v) is 13.8. The molecule has 0 radical (unpaired) electrons. The summed E-state index contributed by atoms with van der Waals surface area (Å²) in [5, 5.41) is -4.76. The fraction of sp³-hybridized carbons (Fsp3) is 0.933. The number of carbonyl (C=O) groups is 1. The van der Waals surface area contributed by atoms with Crippen molar-refractivity contribution in [2.45, 2.75) is 75.1 Å². The lowest BCUT2D eigenvalue weighted by molar-refractivity contribution is -0.155. The fourth-order valence-electron chi connectivity index (χ4n) is 4.76. The average Bonchev–Trinajstić information content (AvgIpc) is 3.10. The summed E-state index contributed by atoms with van der Waals surface area (Å²) >= 11 is 0. The molecular weight excluding hydrogens is 328 g/mol. The van der Waals surface area contributed by atoms with Crippen LogP contribution in [-0.2, 0) is 14.9 Å². The summed E-state index contributed by atoms with van der Waals surface area (Å²) in [4.78, 5) is 13.6. The van der Waals surface area contributed by atoms with Gasteiger partial charge in [-0.15, -0.1) is 0 Å². The van der Waals surface area contributed by atoms with E-state index in [1.165, 1.54) is 0 Å². The molecule has 3 saturated carbocycles.